The highest BCUT2D eigenvalue weighted by molar-refractivity contribution is 6.28. The molecule has 23 rings (SSSR count). The molecule has 0 fully saturated rings. The second-order valence-electron chi connectivity index (χ2n) is 27.0. The minimum absolute atomic E-state index is 0.937. The third kappa shape index (κ3) is 8.70. The summed E-state index contributed by atoms with van der Waals surface area (Å²) in [5, 5.41) is 20.2. The van der Waals surface area contributed by atoms with E-state index in [1.165, 1.54) is 186 Å². The van der Waals surface area contributed by atoms with E-state index in [0.29, 0.717) is 0 Å². The maximum Gasteiger partial charge on any atom is 0.145 e. The van der Waals surface area contributed by atoms with Gasteiger partial charge in [-0.1, -0.05) is 205 Å². The van der Waals surface area contributed by atoms with Crippen molar-refractivity contribution in [2.24, 2.45) is 0 Å². The Hall–Kier alpha value is -12.9. The molecule has 0 radical (unpaired) electrons. The molecule has 472 valence electrons. The molecule has 0 saturated carbocycles. The fourth-order valence-electron chi connectivity index (χ4n) is 16.4. The quantitative estimate of drug-likeness (QED) is 0.177. The van der Waals surface area contributed by atoms with Crippen LogP contribution in [-0.2, 0) is 0 Å². The topological polar surface area (TPSA) is 45.0 Å². The standard InChI is InChI=1S/2C25H17NO.C25H17N.C19H13N/c1-16-7-6-8-17(15-16)26-21-11-4-2-10-20(21)24-22(26)14-13-19-18-9-3-5-12-23(18)27-25(19)24;1-16-10-12-17(13-11-16)26-21-8-4-2-7-20(21)24-22(26)15-14-19-18-6-3-5-9-23(18)27-25(19)24;1-16-10-12-17(13-11-16)18-14-21-19-6-2-4-8-23(19)26-24-9-5-3-7-20(24)22(15-18)25(21)26;1-12-10-15-13-6-2-4-8-17(13)20-18-9-5-3-7-14(18)16(11-12)19(15)20/h2*2-15H,1H3;2-15H,1H3;2-11H,1H3. The van der Waals surface area contributed by atoms with Crippen molar-refractivity contribution < 1.29 is 8.83 Å². The summed E-state index contributed by atoms with van der Waals surface area (Å²) < 4.78 is 22.2. The largest absolute Gasteiger partial charge is 0.455 e. The molecular formula is C94H64N4O2. The Kier molecular flexibility index (Phi) is 12.8. The predicted octanol–water partition coefficient (Wildman–Crippen LogP) is 25.9. The molecule has 15 aromatic carbocycles. The van der Waals surface area contributed by atoms with Crippen LogP contribution in [0.25, 0.3) is 186 Å². The lowest BCUT2D eigenvalue weighted by Crippen LogP contribution is -1.93. The fourth-order valence-corrected chi connectivity index (χ4v) is 16.4. The molecule has 0 unspecified atom stereocenters. The third-order valence-electron chi connectivity index (χ3n) is 20.8. The van der Waals surface area contributed by atoms with Crippen LogP contribution in [0.2, 0.25) is 0 Å². The molecule has 0 spiro atoms. The van der Waals surface area contributed by atoms with E-state index in [2.05, 4.69) is 337 Å². The zero-order valence-electron chi connectivity index (χ0n) is 55.6. The van der Waals surface area contributed by atoms with Gasteiger partial charge in [-0.25, -0.2) is 0 Å². The molecule has 0 N–H and O–H groups in total. The smallest absolute Gasteiger partial charge is 0.145 e. The summed E-state index contributed by atoms with van der Waals surface area (Å²) in [6, 6.07) is 113. The van der Waals surface area contributed by atoms with Crippen molar-refractivity contribution in [1.29, 1.82) is 0 Å². The first-order valence-electron chi connectivity index (χ1n) is 34.5. The number of hydrogen-bond donors (Lipinski definition) is 0. The van der Waals surface area contributed by atoms with Crippen LogP contribution in [0.5, 0.6) is 0 Å². The van der Waals surface area contributed by atoms with E-state index in [9.17, 15) is 0 Å². The van der Waals surface area contributed by atoms with Gasteiger partial charge >= 0.3 is 0 Å². The molecule has 6 nitrogen and oxygen atoms in total. The van der Waals surface area contributed by atoms with Crippen molar-refractivity contribution in [2.75, 3.05) is 0 Å². The molecule has 0 saturated heterocycles. The van der Waals surface area contributed by atoms with Gasteiger partial charge in [0.05, 0.1) is 65.9 Å². The number of aromatic nitrogens is 4. The number of benzene rings is 15. The number of aryl methyl sites for hydroxylation is 4. The maximum absolute atomic E-state index is 6.33. The minimum Gasteiger partial charge on any atom is -0.455 e. The number of para-hydroxylation sites is 8. The molecule has 100 heavy (non-hydrogen) atoms. The minimum atomic E-state index is 0.937. The van der Waals surface area contributed by atoms with E-state index < -0.39 is 0 Å². The van der Waals surface area contributed by atoms with Gasteiger partial charge < -0.3 is 26.8 Å². The first-order valence-corrected chi connectivity index (χ1v) is 34.5. The number of rotatable bonds is 3. The Morgan fingerprint density at radius 1 is 0.210 bits per heavy atom. The Bertz CT molecular complexity index is 7020. The molecule has 6 heteroatoms. The van der Waals surface area contributed by atoms with E-state index in [0.717, 1.165) is 22.3 Å². The summed E-state index contributed by atoms with van der Waals surface area (Å²) in [6.45, 7) is 8.57. The Balaban J connectivity index is 0.0000000904. The van der Waals surface area contributed by atoms with Crippen molar-refractivity contribution in [1.82, 2.24) is 17.9 Å². The average Bonchev–Trinajstić information content (AvgIpc) is 1.55. The van der Waals surface area contributed by atoms with Gasteiger partial charge in [-0.3, -0.25) is 0 Å². The van der Waals surface area contributed by atoms with Crippen molar-refractivity contribution in [3.05, 3.63) is 338 Å². The van der Waals surface area contributed by atoms with Gasteiger partial charge in [0.2, 0.25) is 0 Å². The van der Waals surface area contributed by atoms with Crippen molar-refractivity contribution in [3.8, 4) is 22.5 Å². The van der Waals surface area contributed by atoms with Crippen molar-refractivity contribution in [2.45, 2.75) is 27.7 Å². The molecule has 0 aliphatic heterocycles. The van der Waals surface area contributed by atoms with Gasteiger partial charge in [-0.05, 0) is 171 Å². The van der Waals surface area contributed by atoms with Gasteiger partial charge in [0.1, 0.15) is 22.3 Å². The number of fused-ring (bicyclic) bond motifs is 26. The van der Waals surface area contributed by atoms with Crippen LogP contribution in [0, 0.1) is 27.7 Å². The molecule has 0 aliphatic carbocycles. The maximum atomic E-state index is 6.33. The highest BCUT2D eigenvalue weighted by Crippen LogP contribution is 2.46. The summed E-state index contributed by atoms with van der Waals surface area (Å²) in [4.78, 5) is 0. The Morgan fingerprint density at radius 3 is 1.02 bits per heavy atom. The highest BCUT2D eigenvalue weighted by Gasteiger charge is 2.23. The summed E-state index contributed by atoms with van der Waals surface area (Å²) >= 11 is 0. The van der Waals surface area contributed by atoms with Crippen molar-refractivity contribution >= 4 is 164 Å². The fraction of sp³-hybridized carbons (Fsp3) is 0.0426. The summed E-state index contributed by atoms with van der Waals surface area (Å²) in [6.07, 6.45) is 0. The lowest BCUT2D eigenvalue weighted by Gasteiger charge is -2.08. The second-order valence-corrected chi connectivity index (χ2v) is 27.0. The van der Waals surface area contributed by atoms with Gasteiger partial charge in [-0.2, -0.15) is 0 Å². The summed E-state index contributed by atoms with van der Waals surface area (Å²) in [5.41, 5.74) is 26.5. The monoisotopic (exact) mass is 1280 g/mol. The first-order chi connectivity index (χ1) is 49.3. The lowest BCUT2D eigenvalue weighted by molar-refractivity contribution is 0.672. The molecule has 0 aliphatic rings. The molecule has 23 aromatic rings. The van der Waals surface area contributed by atoms with Crippen LogP contribution in [-0.4, -0.2) is 17.9 Å². The lowest BCUT2D eigenvalue weighted by atomic mass is 9.99. The van der Waals surface area contributed by atoms with Crippen LogP contribution < -0.4 is 0 Å². The summed E-state index contributed by atoms with van der Waals surface area (Å²) in [5.74, 6) is 0. The Labute approximate surface area is 574 Å². The zero-order valence-corrected chi connectivity index (χ0v) is 55.6. The third-order valence-corrected chi connectivity index (χ3v) is 20.8. The molecule has 8 aromatic heterocycles. The molecule has 0 amide bonds. The van der Waals surface area contributed by atoms with Gasteiger partial charge in [0.25, 0.3) is 0 Å². The SMILES string of the molecule is Cc1cc2c3ccccc3n3c4ccccc4c(c1)c23.Cc1ccc(-c2cc3c4ccccc4n4c5ccccc5c(c2)c34)cc1.Cc1ccc(-n2c3ccccc3c3c4oc5ccccc5c4ccc32)cc1.Cc1cccc(-n2c3ccccc3c3c4oc5ccccc5c4ccc32)c1. The normalized spacial score (nSPS) is 12.0. The zero-order chi connectivity index (χ0) is 66.4. The van der Waals surface area contributed by atoms with Crippen molar-refractivity contribution in [3.63, 3.8) is 0 Å². The van der Waals surface area contributed by atoms with Crippen LogP contribution in [0.4, 0.5) is 0 Å². The first kappa shape index (κ1) is 57.4. The molecular weight excluding hydrogens is 1220 g/mol. The van der Waals surface area contributed by atoms with E-state index in [4.69, 9.17) is 8.83 Å². The van der Waals surface area contributed by atoms with E-state index in [-0.39, 0.29) is 0 Å². The highest BCUT2D eigenvalue weighted by atomic mass is 16.3. The molecule has 8 heterocycles. The van der Waals surface area contributed by atoms with Crippen LogP contribution in [0.3, 0.4) is 0 Å². The van der Waals surface area contributed by atoms with E-state index in [1.54, 1.807) is 0 Å². The summed E-state index contributed by atoms with van der Waals surface area (Å²) in [7, 11) is 0. The number of hydrogen-bond acceptors (Lipinski definition) is 2. The Morgan fingerprint density at radius 2 is 0.580 bits per heavy atom. The van der Waals surface area contributed by atoms with Crippen LogP contribution in [0.15, 0.2) is 324 Å². The molecule has 0 atom stereocenters. The number of furan rings is 2. The van der Waals surface area contributed by atoms with Gasteiger partial charge in [0.15, 0.2) is 0 Å². The number of nitrogens with zero attached hydrogens (tertiary/aromatic N) is 4. The predicted molar refractivity (Wildman–Crippen MR) is 423 cm³/mol. The van der Waals surface area contributed by atoms with Gasteiger partial charge in [0, 0.05) is 86.8 Å². The average molecular weight is 1280 g/mol. The van der Waals surface area contributed by atoms with Crippen LogP contribution >= 0.6 is 0 Å². The van der Waals surface area contributed by atoms with E-state index >= 15 is 0 Å². The van der Waals surface area contributed by atoms with E-state index in [1.807, 2.05) is 24.3 Å². The second kappa shape index (κ2) is 22.3. The van der Waals surface area contributed by atoms with Crippen LogP contribution in [0.1, 0.15) is 22.3 Å². The van der Waals surface area contributed by atoms with Gasteiger partial charge in [-0.15, -0.1) is 0 Å². The molecule has 0 bridgehead atoms.